The van der Waals surface area contributed by atoms with Gasteiger partial charge in [-0.15, -0.1) is 0 Å². The number of amides is 2. The van der Waals surface area contributed by atoms with Crippen LogP contribution < -0.4 is 0 Å². The van der Waals surface area contributed by atoms with Crippen molar-refractivity contribution in [2.75, 3.05) is 13.1 Å². The molecule has 1 aromatic heterocycles. The van der Waals surface area contributed by atoms with E-state index in [1.54, 1.807) is 6.07 Å². The van der Waals surface area contributed by atoms with Gasteiger partial charge in [0.2, 0.25) is 0 Å². The second kappa shape index (κ2) is 11.2. The summed E-state index contributed by atoms with van der Waals surface area (Å²) in [6.45, 7) is 9.91. The van der Waals surface area contributed by atoms with Gasteiger partial charge in [0.05, 0.1) is 17.1 Å². The number of piperidine rings is 1. The first kappa shape index (κ1) is 26.9. The molecule has 0 aliphatic carbocycles. The van der Waals surface area contributed by atoms with Crippen LogP contribution in [0.5, 0.6) is 0 Å². The number of aromatic nitrogens is 2. The van der Waals surface area contributed by atoms with E-state index in [2.05, 4.69) is 61.1 Å². The summed E-state index contributed by atoms with van der Waals surface area (Å²) < 4.78 is 27.8. The average molecular weight is 531 g/mol. The van der Waals surface area contributed by atoms with Gasteiger partial charge in [0, 0.05) is 19.6 Å². The van der Waals surface area contributed by atoms with Crippen molar-refractivity contribution in [3.8, 4) is 11.1 Å². The molecule has 2 atom stereocenters. The second-order valence-electron chi connectivity index (χ2n) is 10.9. The third-order valence-corrected chi connectivity index (χ3v) is 7.85. The molecule has 4 aromatic rings. The van der Waals surface area contributed by atoms with Gasteiger partial charge in [0.25, 0.3) is 0 Å². The number of carbonyl (C=O) groups is 1. The Morgan fingerprint density at radius 1 is 1.05 bits per heavy atom. The van der Waals surface area contributed by atoms with E-state index in [1.165, 1.54) is 6.07 Å². The Labute approximate surface area is 228 Å². The molecular weight excluding hydrogens is 494 g/mol. The number of fused-ring (bicyclic) bond motifs is 1. The van der Waals surface area contributed by atoms with Gasteiger partial charge in [-0.05, 0) is 97.2 Å². The van der Waals surface area contributed by atoms with Gasteiger partial charge in [0.15, 0.2) is 11.6 Å². The van der Waals surface area contributed by atoms with Crippen LogP contribution in [0.3, 0.4) is 0 Å². The molecule has 5 nitrogen and oxygen atoms in total. The minimum absolute atomic E-state index is 0.0577. The summed E-state index contributed by atoms with van der Waals surface area (Å²) >= 11 is 0. The number of benzene rings is 3. The molecule has 0 radical (unpaired) electrons. The second-order valence-corrected chi connectivity index (χ2v) is 10.9. The fraction of sp³-hybridized carbons (Fsp3) is 0.375. The van der Waals surface area contributed by atoms with E-state index in [4.69, 9.17) is 0 Å². The van der Waals surface area contributed by atoms with Crippen LogP contribution in [0.2, 0.25) is 0 Å². The van der Waals surface area contributed by atoms with Crippen LogP contribution in [0.1, 0.15) is 61.7 Å². The van der Waals surface area contributed by atoms with E-state index in [1.807, 2.05) is 22.8 Å². The lowest BCUT2D eigenvalue weighted by Crippen LogP contribution is -2.48. The number of halogens is 2. The van der Waals surface area contributed by atoms with Gasteiger partial charge in [-0.3, -0.25) is 0 Å². The molecule has 0 spiro atoms. The van der Waals surface area contributed by atoms with Crippen LogP contribution in [-0.4, -0.2) is 38.9 Å². The molecule has 0 unspecified atom stereocenters. The summed E-state index contributed by atoms with van der Waals surface area (Å²) in [5.74, 6) is -0.472. The maximum absolute atomic E-state index is 14.1. The number of urea groups is 1. The fourth-order valence-electron chi connectivity index (χ4n) is 5.64. The quantitative estimate of drug-likeness (QED) is 0.275. The van der Waals surface area contributed by atoms with Crippen LogP contribution in [0.15, 0.2) is 54.6 Å². The van der Waals surface area contributed by atoms with Gasteiger partial charge in [-0.1, -0.05) is 38.1 Å². The summed E-state index contributed by atoms with van der Waals surface area (Å²) in [5.41, 5.74) is 6.96. The van der Waals surface area contributed by atoms with Gasteiger partial charge >= 0.3 is 6.03 Å². The molecule has 1 fully saturated rings. The molecule has 1 aliphatic heterocycles. The van der Waals surface area contributed by atoms with E-state index < -0.39 is 11.6 Å². The molecular formula is C32H36F2N4O. The normalized spacial score (nSPS) is 17.5. The molecule has 0 bridgehead atoms. The number of hydrogen-bond donors (Lipinski definition) is 1. The Balaban J connectivity index is 1.43. The molecule has 3 aromatic carbocycles. The van der Waals surface area contributed by atoms with E-state index >= 15 is 0 Å². The minimum atomic E-state index is -0.876. The molecule has 2 heterocycles. The van der Waals surface area contributed by atoms with Crippen LogP contribution in [-0.2, 0) is 6.54 Å². The first-order valence-electron chi connectivity index (χ1n) is 13.8. The summed E-state index contributed by atoms with van der Waals surface area (Å²) in [6, 6.07) is 16.3. The highest BCUT2D eigenvalue weighted by molar-refractivity contribution is 5.82. The number of nitrogens with one attached hydrogen (secondary N) is 1. The molecule has 7 heteroatoms. The minimum Gasteiger partial charge on any atom is -0.342 e. The maximum Gasteiger partial charge on any atom is 0.320 e. The van der Waals surface area contributed by atoms with Crippen LogP contribution in [0.4, 0.5) is 13.6 Å². The van der Waals surface area contributed by atoms with E-state index in [-0.39, 0.29) is 12.1 Å². The third-order valence-electron chi connectivity index (χ3n) is 7.85. The number of aryl methyl sites for hydroxylation is 2. The average Bonchev–Trinajstić information content (AvgIpc) is 3.30. The molecule has 0 saturated carbocycles. The molecule has 1 saturated heterocycles. The Morgan fingerprint density at radius 3 is 2.59 bits per heavy atom. The van der Waals surface area contributed by atoms with Gasteiger partial charge < -0.3 is 14.8 Å². The predicted octanol–water partition coefficient (Wildman–Crippen LogP) is 7.93. The van der Waals surface area contributed by atoms with Gasteiger partial charge in [-0.2, -0.15) is 0 Å². The number of rotatable bonds is 6. The highest BCUT2D eigenvalue weighted by Crippen LogP contribution is 2.36. The largest absolute Gasteiger partial charge is 0.342 e. The zero-order valence-corrected chi connectivity index (χ0v) is 23.1. The smallest absolute Gasteiger partial charge is 0.320 e. The van der Waals surface area contributed by atoms with E-state index in [9.17, 15) is 13.6 Å². The van der Waals surface area contributed by atoms with Crippen molar-refractivity contribution in [1.82, 2.24) is 19.8 Å². The lowest BCUT2D eigenvalue weighted by atomic mass is 9.88. The van der Waals surface area contributed by atoms with E-state index in [0.717, 1.165) is 64.4 Å². The SMILES string of the molecule is CCCN(Cc1cc(-c2ccc3nc(C)[nH]c3c2)ccc1C)C(=O)N1CC[C@@H](C)C[C@@H]1c1ccc(F)c(F)c1. The standard InChI is InChI=1S/C32H36F2N4O/c1-5-13-37(32(39)38-14-12-20(2)15-31(38)25-8-10-27(33)28(34)17-25)19-26-16-23(7-6-21(26)3)24-9-11-29-30(18-24)36-22(4)35-29/h6-11,16-18,20,31H,5,12-15,19H2,1-4H3,(H,35,36)/t20-,31-/m1/s1. The van der Waals surface area contributed by atoms with Crippen molar-refractivity contribution < 1.29 is 13.6 Å². The Hall–Kier alpha value is -3.74. The number of aromatic amines is 1. The highest BCUT2D eigenvalue weighted by Gasteiger charge is 2.34. The van der Waals surface area contributed by atoms with Crippen molar-refractivity contribution in [2.24, 2.45) is 5.92 Å². The topological polar surface area (TPSA) is 52.2 Å². The monoisotopic (exact) mass is 530 g/mol. The van der Waals surface area contributed by atoms with Crippen LogP contribution in [0, 0.1) is 31.4 Å². The predicted molar refractivity (Wildman–Crippen MR) is 151 cm³/mol. The highest BCUT2D eigenvalue weighted by atomic mass is 19.2. The Bertz CT molecular complexity index is 1500. The molecule has 204 valence electrons. The molecule has 39 heavy (non-hydrogen) atoms. The number of likely N-dealkylation sites (tertiary alicyclic amines) is 1. The summed E-state index contributed by atoms with van der Waals surface area (Å²) in [5, 5.41) is 0. The third kappa shape index (κ3) is 5.68. The number of imidazole rings is 1. The number of carbonyl (C=O) groups excluding carboxylic acids is 1. The summed E-state index contributed by atoms with van der Waals surface area (Å²) in [6.07, 6.45) is 2.43. The van der Waals surface area contributed by atoms with Crippen LogP contribution >= 0.6 is 0 Å². The summed E-state index contributed by atoms with van der Waals surface area (Å²) in [4.78, 5) is 25.6. The Morgan fingerprint density at radius 2 is 1.82 bits per heavy atom. The lowest BCUT2D eigenvalue weighted by molar-refractivity contribution is 0.0986. The van der Waals surface area contributed by atoms with Crippen molar-refractivity contribution >= 4 is 17.1 Å². The maximum atomic E-state index is 14.1. The van der Waals surface area contributed by atoms with Crippen molar-refractivity contribution in [3.05, 3.63) is 88.7 Å². The zero-order chi connectivity index (χ0) is 27.7. The summed E-state index contributed by atoms with van der Waals surface area (Å²) in [7, 11) is 0. The Kier molecular flexibility index (Phi) is 7.69. The van der Waals surface area contributed by atoms with Crippen LogP contribution in [0.25, 0.3) is 22.2 Å². The number of nitrogens with zero attached hydrogens (tertiary/aromatic N) is 3. The lowest BCUT2D eigenvalue weighted by Gasteiger charge is -2.41. The number of H-pyrrole nitrogens is 1. The van der Waals surface area contributed by atoms with Crippen molar-refractivity contribution in [3.63, 3.8) is 0 Å². The molecule has 1 aliphatic rings. The zero-order valence-electron chi connectivity index (χ0n) is 23.1. The molecule has 2 amide bonds. The fourth-order valence-corrected chi connectivity index (χ4v) is 5.64. The first-order valence-corrected chi connectivity index (χ1v) is 13.8. The molecule has 5 rings (SSSR count). The van der Waals surface area contributed by atoms with Gasteiger partial charge in [-0.25, -0.2) is 18.6 Å². The van der Waals surface area contributed by atoms with Crippen molar-refractivity contribution in [1.29, 1.82) is 0 Å². The van der Waals surface area contributed by atoms with Crippen molar-refractivity contribution in [2.45, 2.75) is 59.5 Å². The van der Waals surface area contributed by atoms with E-state index in [0.29, 0.717) is 31.1 Å². The van der Waals surface area contributed by atoms with Gasteiger partial charge in [0.1, 0.15) is 5.82 Å². The number of hydrogen-bond acceptors (Lipinski definition) is 2. The first-order chi connectivity index (χ1) is 18.7. The molecule has 1 N–H and O–H groups in total.